The van der Waals surface area contributed by atoms with E-state index in [2.05, 4.69) is 49.0 Å². The summed E-state index contributed by atoms with van der Waals surface area (Å²) >= 11 is 5.68. The van der Waals surface area contributed by atoms with Crippen molar-refractivity contribution in [3.63, 3.8) is 0 Å². The molecule has 0 spiro atoms. The zero-order valence-corrected chi connectivity index (χ0v) is 13.6. The number of nitrogens with one attached hydrogen (secondary N) is 1. The lowest BCUT2D eigenvalue weighted by Crippen LogP contribution is -2.30. The fourth-order valence-corrected chi connectivity index (χ4v) is 2.11. The van der Waals surface area contributed by atoms with Crippen LogP contribution in [0.3, 0.4) is 0 Å². The SMILES string of the molecule is CC(OCCNc1cc(Br)ccc1I)/C(N)=N/O. The second-order valence-corrected chi connectivity index (χ2v) is 5.67. The van der Waals surface area contributed by atoms with Gasteiger partial charge in [0.25, 0.3) is 0 Å². The number of hydrogen-bond donors (Lipinski definition) is 3. The Kier molecular flexibility index (Phi) is 6.72. The number of amidine groups is 1. The number of nitrogens with zero attached hydrogens (tertiary/aromatic N) is 1. The van der Waals surface area contributed by atoms with E-state index >= 15 is 0 Å². The van der Waals surface area contributed by atoms with E-state index in [-0.39, 0.29) is 5.84 Å². The van der Waals surface area contributed by atoms with Gasteiger partial charge < -0.3 is 21.0 Å². The molecule has 4 N–H and O–H groups in total. The Morgan fingerprint density at radius 3 is 3.06 bits per heavy atom. The van der Waals surface area contributed by atoms with Gasteiger partial charge in [0.1, 0.15) is 6.10 Å². The number of rotatable bonds is 6. The third kappa shape index (κ3) is 4.99. The highest BCUT2D eigenvalue weighted by atomic mass is 127. The van der Waals surface area contributed by atoms with Crippen molar-refractivity contribution >= 4 is 50.0 Å². The molecule has 0 aliphatic rings. The van der Waals surface area contributed by atoms with E-state index < -0.39 is 6.10 Å². The van der Waals surface area contributed by atoms with Crippen LogP contribution in [0.2, 0.25) is 0 Å². The molecule has 0 bridgehead atoms. The van der Waals surface area contributed by atoms with E-state index in [9.17, 15) is 0 Å². The van der Waals surface area contributed by atoms with Crippen LogP contribution in [0, 0.1) is 3.57 Å². The van der Waals surface area contributed by atoms with E-state index in [0.717, 1.165) is 13.7 Å². The summed E-state index contributed by atoms with van der Waals surface area (Å²) in [4.78, 5) is 0. The minimum atomic E-state index is -0.390. The Hall–Kier alpha value is -0.540. The maximum Gasteiger partial charge on any atom is 0.168 e. The van der Waals surface area contributed by atoms with Crippen LogP contribution >= 0.6 is 38.5 Å². The second kappa shape index (κ2) is 7.80. The van der Waals surface area contributed by atoms with Gasteiger partial charge in [-0.3, -0.25) is 0 Å². The molecule has 1 rings (SSSR count). The Morgan fingerprint density at radius 2 is 2.39 bits per heavy atom. The average Bonchev–Trinajstić information content (AvgIpc) is 2.37. The standard InChI is InChI=1S/C11H15BrIN3O2/c1-7(11(14)16-17)18-5-4-15-10-6-8(12)2-3-9(10)13/h2-3,6-7,15,17H,4-5H2,1H3,(H2,14,16). The van der Waals surface area contributed by atoms with E-state index in [0.29, 0.717) is 13.2 Å². The van der Waals surface area contributed by atoms with Crippen LogP contribution in [0.1, 0.15) is 6.92 Å². The topological polar surface area (TPSA) is 79.9 Å². The lowest BCUT2D eigenvalue weighted by molar-refractivity contribution is 0.115. The van der Waals surface area contributed by atoms with Gasteiger partial charge in [-0.15, -0.1) is 0 Å². The lowest BCUT2D eigenvalue weighted by Gasteiger charge is -2.13. The zero-order chi connectivity index (χ0) is 13.5. The van der Waals surface area contributed by atoms with E-state index in [1.165, 1.54) is 0 Å². The molecule has 5 nitrogen and oxygen atoms in total. The Balaban J connectivity index is 2.36. The molecule has 7 heteroatoms. The first kappa shape index (κ1) is 15.5. The molecule has 0 heterocycles. The number of oxime groups is 1. The van der Waals surface area contributed by atoms with Gasteiger partial charge in [-0.2, -0.15) is 0 Å². The normalized spacial score (nSPS) is 13.4. The number of nitrogens with two attached hydrogens (primary N) is 1. The molecule has 0 aliphatic heterocycles. The Morgan fingerprint density at radius 1 is 1.67 bits per heavy atom. The van der Waals surface area contributed by atoms with Crippen LogP contribution in [-0.2, 0) is 4.74 Å². The molecule has 1 atom stereocenters. The van der Waals surface area contributed by atoms with Crippen LogP contribution in [0.25, 0.3) is 0 Å². The second-order valence-electron chi connectivity index (χ2n) is 3.59. The molecule has 0 radical (unpaired) electrons. The maximum absolute atomic E-state index is 8.47. The monoisotopic (exact) mass is 427 g/mol. The van der Waals surface area contributed by atoms with Crippen molar-refractivity contribution in [3.8, 4) is 0 Å². The van der Waals surface area contributed by atoms with Crippen LogP contribution < -0.4 is 11.1 Å². The number of benzene rings is 1. The molecule has 1 unspecified atom stereocenters. The van der Waals surface area contributed by atoms with Gasteiger partial charge >= 0.3 is 0 Å². The minimum absolute atomic E-state index is 0.0760. The minimum Gasteiger partial charge on any atom is -0.409 e. The van der Waals surface area contributed by atoms with E-state index in [1.807, 2.05) is 18.2 Å². The van der Waals surface area contributed by atoms with Gasteiger partial charge in [-0.05, 0) is 47.7 Å². The van der Waals surface area contributed by atoms with Crippen molar-refractivity contribution < 1.29 is 9.94 Å². The Bertz CT molecular complexity index is 429. The fourth-order valence-electron chi connectivity index (χ4n) is 1.22. The van der Waals surface area contributed by atoms with Gasteiger partial charge in [0.15, 0.2) is 5.84 Å². The quantitative estimate of drug-likeness (QED) is 0.163. The third-order valence-electron chi connectivity index (χ3n) is 2.25. The number of anilines is 1. The largest absolute Gasteiger partial charge is 0.409 e. The molecule has 0 fully saturated rings. The molecule has 18 heavy (non-hydrogen) atoms. The molecule has 100 valence electrons. The van der Waals surface area contributed by atoms with Crippen LogP contribution in [0.5, 0.6) is 0 Å². The van der Waals surface area contributed by atoms with Gasteiger partial charge in [0.2, 0.25) is 0 Å². The smallest absolute Gasteiger partial charge is 0.168 e. The van der Waals surface area contributed by atoms with E-state index in [1.54, 1.807) is 6.92 Å². The van der Waals surface area contributed by atoms with E-state index in [4.69, 9.17) is 15.7 Å². The van der Waals surface area contributed by atoms with Crippen molar-refractivity contribution in [2.24, 2.45) is 10.9 Å². The molecule has 0 aliphatic carbocycles. The Labute approximate surface area is 128 Å². The molecule has 0 saturated heterocycles. The van der Waals surface area contributed by atoms with Gasteiger partial charge in [-0.25, -0.2) is 0 Å². The molecule has 0 amide bonds. The highest BCUT2D eigenvalue weighted by molar-refractivity contribution is 14.1. The van der Waals surface area contributed by atoms with Crippen LogP contribution in [-0.4, -0.2) is 30.3 Å². The average molecular weight is 428 g/mol. The van der Waals surface area contributed by atoms with Gasteiger partial charge in [0.05, 0.1) is 6.61 Å². The summed E-state index contributed by atoms with van der Waals surface area (Å²) in [5.41, 5.74) is 6.45. The fraction of sp³-hybridized carbons (Fsp3) is 0.364. The predicted octanol–water partition coefficient (Wildman–Crippen LogP) is 2.62. The molecule has 1 aromatic rings. The molecular weight excluding hydrogens is 413 g/mol. The van der Waals surface area contributed by atoms with Crippen molar-refractivity contribution in [1.29, 1.82) is 0 Å². The molecule has 0 aromatic heterocycles. The summed E-state index contributed by atoms with van der Waals surface area (Å²) in [6.45, 7) is 2.85. The first-order valence-electron chi connectivity index (χ1n) is 5.32. The zero-order valence-electron chi connectivity index (χ0n) is 9.86. The first-order chi connectivity index (χ1) is 8.54. The third-order valence-corrected chi connectivity index (χ3v) is 3.68. The highest BCUT2D eigenvalue weighted by Gasteiger charge is 2.07. The molecule has 0 saturated carbocycles. The number of ether oxygens (including phenoxy) is 1. The van der Waals surface area contributed by atoms with Crippen molar-refractivity contribution in [3.05, 3.63) is 26.2 Å². The van der Waals surface area contributed by atoms with Crippen molar-refractivity contribution in [1.82, 2.24) is 0 Å². The van der Waals surface area contributed by atoms with Gasteiger partial charge in [0, 0.05) is 20.3 Å². The summed E-state index contributed by atoms with van der Waals surface area (Å²) < 4.78 is 7.56. The highest BCUT2D eigenvalue weighted by Crippen LogP contribution is 2.22. The van der Waals surface area contributed by atoms with Crippen molar-refractivity contribution in [2.75, 3.05) is 18.5 Å². The van der Waals surface area contributed by atoms with Gasteiger partial charge in [-0.1, -0.05) is 21.1 Å². The van der Waals surface area contributed by atoms with Crippen LogP contribution in [0.4, 0.5) is 5.69 Å². The van der Waals surface area contributed by atoms with Crippen molar-refractivity contribution in [2.45, 2.75) is 13.0 Å². The van der Waals surface area contributed by atoms with Crippen LogP contribution in [0.15, 0.2) is 27.8 Å². The molecule has 1 aromatic carbocycles. The first-order valence-corrected chi connectivity index (χ1v) is 7.19. The number of halogens is 2. The summed E-state index contributed by atoms with van der Waals surface area (Å²) in [5.74, 6) is 0.0760. The lowest BCUT2D eigenvalue weighted by atomic mass is 10.3. The predicted molar refractivity (Wildman–Crippen MR) is 84.2 cm³/mol. The maximum atomic E-state index is 8.47. The summed E-state index contributed by atoms with van der Waals surface area (Å²) in [5, 5.41) is 14.6. The molecular formula is C11H15BrIN3O2. The summed E-state index contributed by atoms with van der Waals surface area (Å²) in [6.07, 6.45) is -0.390. The number of hydrogen-bond acceptors (Lipinski definition) is 4. The summed E-state index contributed by atoms with van der Waals surface area (Å²) in [7, 11) is 0. The summed E-state index contributed by atoms with van der Waals surface area (Å²) in [6, 6.07) is 6.02.